The molecule has 0 aromatic rings. The largest absolute Gasteiger partial charge is 0.381 e. The molecule has 2 rings (SSSR count). The average Bonchev–Trinajstić information content (AvgIpc) is 2.01. The van der Waals surface area contributed by atoms with Crippen LogP contribution >= 0.6 is 12.2 Å². The van der Waals surface area contributed by atoms with Crippen molar-refractivity contribution in [3.05, 3.63) is 0 Å². The summed E-state index contributed by atoms with van der Waals surface area (Å²) in [6.07, 6.45) is 0. The second-order valence-corrected chi connectivity index (χ2v) is 3.66. The summed E-state index contributed by atoms with van der Waals surface area (Å²) in [5, 5.41) is 2.32. The van der Waals surface area contributed by atoms with Crippen LogP contribution in [0.5, 0.6) is 0 Å². The molecule has 0 aromatic carbocycles. The lowest BCUT2D eigenvalue weighted by molar-refractivity contribution is -0.0268. The lowest BCUT2D eigenvalue weighted by Gasteiger charge is -2.23. The zero-order chi connectivity index (χ0) is 10.2. The first-order valence-electron chi connectivity index (χ1n) is 4.76. The van der Waals surface area contributed by atoms with Gasteiger partial charge < -0.3 is 15.2 Å². The van der Waals surface area contributed by atoms with Gasteiger partial charge in [-0.1, -0.05) is 0 Å². The van der Waals surface area contributed by atoms with Gasteiger partial charge in [0.05, 0.1) is 38.1 Å². The number of hydrogen-bond donors (Lipinski definition) is 1. The molecule has 0 radical (unpaired) electrons. The van der Waals surface area contributed by atoms with Crippen LogP contribution in [0, 0.1) is 11.8 Å². The average molecular weight is 216 g/mol. The minimum Gasteiger partial charge on any atom is -0.381 e. The normalized spacial score (nSPS) is 20.9. The number of aliphatic imine (C=N–C) groups is 1. The van der Waals surface area contributed by atoms with Crippen molar-refractivity contribution in [1.82, 2.24) is 0 Å². The summed E-state index contributed by atoms with van der Waals surface area (Å²) in [4.78, 5) is 3.78. The molecular formula is C9H16N2O2S. The van der Waals surface area contributed by atoms with Gasteiger partial charge in [-0.3, -0.25) is 0 Å². The summed E-state index contributed by atoms with van der Waals surface area (Å²) < 4.78 is 9.76. The van der Waals surface area contributed by atoms with E-state index in [-0.39, 0.29) is 0 Å². The molecule has 5 heteroatoms. The standard InChI is InChI=1S/C5H7NOS.C4H9NO/c8-4-6-1-5-2-7-3-5;5-1-4-2-6-3-4/h5H,1-3H2;4H,1-3,5H2. The van der Waals surface area contributed by atoms with Gasteiger partial charge in [0.15, 0.2) is 0 Å². The highest BCUT2D eigenvalue weighted by Crippen LogP contribution is 2.08. The third kappa shape index (κ3) is 4.26. The Balaban J connectivity index is 0.000000146. The van der Waals surface area contributed by atoms with E-state index in [0.29, 0.717) is 11.8 Å². The maximum atomic E-state index is 5.25. The van der Waals surface area contributed by atoms with Gasteiger partial charge in [0.25, 0.3) is 0 Å². The number of nitrogens with zero attached hydrogens (tertiary/aromatic N) is 1. The highest BCUT2D eigenvalue weighted by molar-refractivity contribution is 7.78. The molecule has 2 aliphatic rings. The van der Waals surface area contributed by atoms with E-state index in [2.05, 4.69) is 22.4 Å². The highest BCUT2D eigenvalue weighted by atomic mass is 32.1. The molecule has 2 N–H and O–H groups in total. The van der Waals surface area contributed by atoms with Crippen molar-refractivity contribution in [2.75, 3.05) is 39.5 Å². The van der Waals surface area contributed by atoms with Gasteiger partial charge in [0.1, 0.15) is 0 Å². The number of rotatable bonds is 3. The van der Waals surface area contributed by atoms with Gasteiger partial charge in [-0.2, -0.15) is 0 Å². The van der Waals surface area contributed by atoms with E-state index in [0.717, 1.165) is 39.5 Å². The fourth-order valence-electron chi connectivity index (χ4n) is 0.977. The van der Waals surface area contributed by atoms with Gasteiger partial charge in [-0.25, -0.2) is 4.99 Å². The van der Waals surface area contributed by atoms with Crippen LogP contribution in [0.4, 0.5) is 0 Å². The van der Waals surface area contributed by atoms with E-state index in [1.807, 2.05) is 0 Å². The summed E-state index contributed by atoms with van der Waals surface area (Å²) in [5.41, 5.74) is 5.25. The minimum absolute atomic E-state index is 0.616. The monoisotopic (exact) mass is 216 g/mol. The van der Waals surface area contributed by atoms with Crippen LogP contribution in [0.1, 0.15) is 0 Å². The Labute approximate surface area is 89.5 Å². The number of hydrogen-bond acceptors (Lipinski definition) is 5. The molecule has 80 valence electrons. The van der Waals surface area contributed by atoms with Crippen LogP contribution in [0.25, 0.3) is 0 Å². The molecule has 14 heavy (non-hydrogen) atoms. The van der Waals surface area contributed by atoms with Crippen molar-refractivity contribution in [2.24, 2.45) is 22.6 Å². The van der Waals surface area contributed by atoms with Crippen molar-refractivity contribution in [1.29, 1.82) is 0 Å². The van der Waals surface area contributed by atoms with Crippen LogP contribution < -0.4 is 5.73 Å². The van der Waals surface area contributed by atoms with Crippen molar-refractivity contribution in [2.45, 2.75) is 0 Å². The molecule has 2 fully saturated rings. The van der Waals surface area contributed by atoms with Gasteiger partial charge in [0.2, 0.25) is 0 Å². The molecule has 0 amide bonds. The molecule has 0 saturated carbocycles. The molecule has 2 aliphatic heterocycles. The second kappa shape index (κ2) is 7.04. The van der Waals surface area contributed by atoms with E-state index in [9.17, 15) is 0 Å². The summed E-state index contributed by atoms with van der Waals surface area (Å²) in [5.74, 6) is 1.29. The van der Waals surface area contributed by atoms with E-state index in [1.54, 1.807) is 0 Å². The van der Waals surface area contributed by atoms with Crippen LogP contribution in [0.3, 0.4) is 0 Å². The van der Waals surface area contributed by atoms with Crippen molar-refractivity contribution in [3.8, 4) is 0 Å². The fourth-order valence-corrected chi connectivity index (χ4v) is 1.05. The maximum Gasteiger partial charge on any atom is 0.0585 e. The van der Waals surface area contributed by atoms with E-state index in [1.165, 1.54) is 0 Å². The summed E-state index contributed by atoms with van der Waals surface area (Å²) in [7, 11) is 0. The number of thiocarbonyl (C=S) groups is 1. The van der Waals surface area contributed by atoms with Crippen molar-refractivity contribution < 1.29 is 9.47 Å². The number of isothiocyanates is 1. The molecule has 2 saturated heterocycles. The van der Waals surface area contributed by atoms with Gasteiger partial charge in [-0.15, -0.1) is 0 Å². The molecule has 0 aromatic heterocycles. The molecule has 0 bridgehead atoms. The van der Waals surface area contributed by atoms with Crippen molar-refractivity contribution >= 4 is 17.4 Å². The zero-order valence-electron chi connectivity index (χ0n) is 8.15. The molecule has 0 unspecified atom stereocenters. The van der Waals surface area contributed by atoms with E-state index in [4.69, 9.17) is 15.2 Å². The smallest absolute Gasteiger partial charge is 0.0585 e. The first-order valence-corrected chi connectivity index (χ1v) is 5.16. The predicted octanol–water partition coefficient (Wildman–Crippen LogP) is 0.327. The Morgan fingerprint density at radius 3 is 2.00 bits per heavy atom. The van der Waals surface area contributed by atoms with Crippen LogP contribution in [0.2, 0.25) is 0 Å². The Hall–Kier alpha value is -0.320. The minimum atomic E-state index is 0.616. The molecule has 4 nitrogen and oxygen atoms in total. The van der Waals surface area contributed by atoms with Crippen molar-refractivity contribution in [3.63, 3.8) is 0 Å². The van der Waals surface area contributed by atoms with E-state index < -0.39 is 0 Å². The second-order valence-electron chi connectivity index (χ2n) is 3.47. The molecule has 2 heterocycles. The summed E-state index contributed by atoms with van der Waals surface area (Å²) in [6.45, 7) is 5.05. The van der Waals surface area contributed by atoms with Gasteiger partial charge in [0, 0.05) is 11.8 Å². The Bertz CT molecular complexity index is 196. The Morgan fingerprint density at radius 1 is 1.21 bits per heavy atom. The fraction of sp³-hybridized carbons (Fsp3) is 0.889. The lowest BCUT2D eigenvalue weighted by atomic mass is 10.1. The third-order valence-corrected chi connectivity index (χ3v) is 2.29. The van der Waals surface area contributed by atoms with Crippen LogP contribution in [-0.2, 0) is 9.47 Å². The Kier molecular flexibility index (Phi) is 5.91. The van der Waals surface area contributed by atoms with E-state index >= 15 is 0 Å². The SMILES string of the molecule is NCC1COC1.S=C=NCC1COC1. The maximum absolute atomic E-state index is 5.25. The molecule has 0 atom stereocenters. The predicted molar refractivity (Wildman–Crippen MR) is 57.6 cm³/mol. The quantitative estimate of drug-likeness (QED) is 0.545. The molecular weight excluding hydrogens is 200 g/mol. The third-order valence-electron chi connectivity index (χ3n) is 2.16. The van der Waals surface area contributed by atoms with Crippen LogP contribution in [0.15, 0.2) is 4.99 Å². The number of nitrogens with two attached hydrogens (primary N) is 1. The summed E-state index contributed by atoms with van der Waals surface area (Å²) in [6, 6.07) is 0. The van der Waals surface area contributed by atoms with Gasteiger partial charge in [-0.05, 0) is 18.8 Å². The Morgan fingerprint density at radius 2 is 1.79 bits per heavy atom. The number of ether oxygens (including phenoxy) is 2. The summed E-state index contributed by atoms with van der Waals surface area (Å²) >= 11 is 4.38. The molecule has 0 spiro atoms. The van der Waals surface area contributed by atoms with Gasteiger partial charge >= 0.3 is 0 Å². The lowest BCUT2D eigenvalue weighted by Crippen LogP contribution is -2.33. The molecule has 0 aliphatic carbocycles. The first-order chi connectivity index (χ1) is 6.86. The highest BCUT2D eigenvalue weighted by Gasteiger charge is 2.16. The topological polar surface area (TPSA) is 56.8 Å². The zero-order valence-corrected chi connectivity index (χ0v) is 8.96. The first kappa shape index (κ1) is 11.8. The van der Waals surface area contributed by atoms with Crippen LogP contribution in [-0.4, -0.2) is 44.7 Å².